The third-order valence-electron chi connectivity index (χ3n) is 1.84. The minimum Gasteiger partial charge on any atom is -0.373 e. The van der Waals surface area contributed by atoms with Gasteiger partial charge in [-0.05, 0) is 12.1 Å². The van der Waals surface area contributed by atoms with Crippen molar-refractivity contribution in [2.24, 2.45) is 5.73 Å². The number of imidazole rings is 1. The van der Waals surface area contributed by atoms with Gasteiger partial charge in [-0.2, -0.15) is 0 Å². The number of nitrogens with zero attached hydrogens (tertiary/aromatic N) is 2. The van der Waals surface area contributed by atoms with Crippen LogP contribution in [0.15, 0.2) is 12.1 Å². The maximum absolute atomic E-state index is 5.45. The molecule has 0 aliphatic carbocycles. The Hall–Kier alpha value is -1.62. The third-order valence-corrected chi connectivity index (χ3v) is 1.84. The molecule has 4 N–H and O–H groups in total. The average Bonchev–Trinajstić information content (AvgIpc) is 2.58. The Morgan fingerprint density at radius 1 is 1.46 bits per heavy atom. The Morgan fingerprint density at radius 2 is 2.31 bits per heavy atom. The van der Waals surface area contributed by atoms with E-state index in [1.54, 1.807) is 0 Å². The Bertz CT molecular complexity index is 417. The number of anilines is 1. The van der Waals surface area contributed by atoms with E-state index in [0.29, 0.717) is 12.2 Å². The molecule has 0 atom stereocenters. The summed E-state index contributed by atoms with van der Waals surface area (Å²) in [5.74, 6) is 1.57. The molecular weight excluding hydrogens is 166 g/mol. The summed E-state index contributed by atoms with van der Waals surface area (Å²) < 4.78 is 0. The average molecular weight is 177 g/mol. The molecular formula is C8H11N5. The number of fused-ring (bicyclic) bond motifs is 1. The van der Waals surface area contributed by atoms with Gasteiger partial charge in [-0.25, -0.2) is 9.97 Å². The largest absolute Gasteiger partial charge is 0.373 e. The van der Waals surface area contributed by atoms with Crippen LogP contribution in [0.1, 0.15) is 5.82 Å². The van der Waals surface area contributed by atoms with Gasteiger partial charge in [-0.15, -0.1) is 0 Å². The van der Waals surface area contributed by atoms with Crippen LogP contribution in [-0.4, -0.2) is 22.0 Å². The highest BCUT2D eigenvalue weighted by Crippen LogP contribution is 2.11. The molecule has 68 valence electrons. The van der Waals surface area contributed by atoms with Crippen molar-refractivity contribution < 1.29 is 0 Å². The summed E-state index contributed by atoms with van der Waals surface area (Å²) in [5.41, 5.74) is 7.06. The zero-order valence-electron chi connectivity index (χ0n) is 7.33. The van der Waals surface area contributed by atoms with Crippen LogP contribution in [0.3, 0.4) is 0 Å². The number of hydrogen-bond donors (Lipinski definition) is 3. The van der Waals surface area contributed by atoms with Crippen LogP contribution in [-0.2, 0) is 6.54 Å². The van der Waals surface area contributed by atoms with Gasteiger partial charge in [-0.1, -0.05) is 0 Å². The summed E-state index contributed by atoms with van der Waals surface area (Å²) >= 11 is 0. The summed E-state index contributed by atoms with van der Waals surface area (Å²) in [4.78, 5) is 11.5. The number of nitrogens with two attached hydrogens (primary N) is 1. The summed E-state index contributed by atoms with van der Waals surface area (Å²) in [5, 5.41) is 2.95. The van der Waals surface area contributed by atoms with Gasteiger partial charge in [0.1, 0.15) is 11.6 Å². The first-order valence-corrected chi connectivity index (χ1v) is 4.07. The topological polar surface area (TPSA) is 79.6 Å². The number of rotatable bonds is 2. The van der Waals surface area contributed by atoms with Gasteiger partial charge < -0.3 is 16.0 Å². The van der Waals surface area contributed by atoms with Crippen molar-refractivity contribution in [2.45, 2.75) is 6.54 Å². The van der Waals surface area contributed by atoms with Crippen LogP contribution in [0.25, 0.3) is 11.2 Å². The van der Waals surface area contributed by atoms with Crippen LogP contribution in [0, 0.1) is 0 Å². The van der Waals surface area contributed by atoms with E-state index in [0.717, 1.165) is 17.2 Å². The predicted molar refractivity (Wildman–Crippen MR) is 51.3 cm³/mol. The highest BCUT2D eigenvalue weighted by Gasteiger charge is 2.02. The lowest BCUT2D eigenvalue weighted by atomic mass is 10.4. The minimum atomic E-state index is 0.408. The molecule has 0 radical (unpaired) electrons. The Kier molecular flexibility index (Phi) is 1.86. The van der Waals surface area contributed by atoms with Gasteiger partial charge in [0.2, 0.25) is 0 Å². The molecule has 13 heavy (non-hydrogen) atoms. The van der Waals surface area contributed by atoms with E-state index in [-0.39, 0.29) is 0 Å². The van der Waals surface area contributed by atoms with Crippen molar-refractivity contribution in [1.82, 2.24) is 15.0 Å². The van der Waals surface area contributed by atoms with E-state index >= 15 is 0 Å². The van der Waals surface area contributed by atoms with E-state index in [2.05, 4.69) is 20.3 Å². The summed E-state index contributed by atoms with van der Waals surface area (Å²) in [7, 11) is 1.82. The number of H-pyrrole nitrogens is 1. The lowest BCUT2D eigenvalue weighted by Gasteiger charge is -1.95. The lowest BCUT2D eigenvalue weighted by molar-refractivity contribution is 0.956. The smallest absolute Gasteiger partial charge is 0.179 e. The van der Waals surface area contributed by atoms with Crippen molar-refractivity contribution in [3.05, 3.63) is 18.0 Å². The fourth-order valence-corrected chi connectivity index (χ4v) is 1.18. The molecule has 0 fully saturated rings. The molecule has 0 bridgehead atoms. The van der Waals surface area contributed by atoms with Gasteiger partial charge in [0.05, 0.1) is 12.1 Å². The SMILES string of the molecule is CNc1ccc2[nH]c(CN)nc2n1. The molecule has 0 spiro atoms. The summed E-state index contributed by atoms with van der Waals surface area (Å²) in [6.07, 6.45) is 0. The van der Waals surface area contributed by atoms with Crippen molar-refractivity contribution >= 4 is 17.0 Å². The zero-order valence-corrected chi connectivity index (χ0v) is 7.33. The normalized spacial score (nSPS) is 10.6. The lowest BCUT2D eigenvalue weighted by Crippen LogP contribution is -1.97. The quantitative estimate of drug-likeness (QED) is 0.622. The number of aromatic amines is 1. The highest BCUT2D eigenvalue weighted by atomic mass is 15.0. The van der Waals surface area contributed by atoms with Gasteiger partial charge in [-0.3, -0.25) is 0 Å². The predicted octanol–water partition coefficient (Wildman–Crippen LogP) is 0.458. The number of hydrogen-bond acceptors (Lipinski definition) is 4. The van der Waals surface area contributed by atoms with E-state index in [1.807, 2.05) is 19.2 Å². The molecule has 0 aliphatic rings. The van der Waals surface area contributed by atoms with Crippen molar-refractivity contribution in [1.29, 1.82) is 0 Å². The first-order valence-electron chi connectivity index (χ1n) is 4.07. The standard InChI is InChI=1S/C8H11N5/c1-10-6-3-2-5-8(12-6)13-7(4-9)11-5/h2-3H,4,9H2,1H3,(H2,10,11,12,13). The fraction of sp³-hybridized carbons (Fsp3) is 0.250. The van der Waals surface area contributed by atoms with Crippen LogP contribution < -0.4 is 11.1 Å². The second kappa shape index (κ2) is 3.02. The maximum atomic E-state index is 5.45. The number of nitrogens with one attached hydrogen (secondary N) is 2. The van der Waals surface area contributed by atoms with Crippen LogP contribution in [0.4, 0.5) is 5.82 Å². The molecule has 2 rings (SSSR count). The molecule has 0 saturated heterocycles. The zero-order chi connectivity index (χ0) is 9.26. The molecule has 2 aromatic heterocycles. The monoisotopic (exact) mass is 177 g/mol. The van der Waals surface area contributed by atoms with Crippen LogP contribution in [0.2, 0.25) is 0 Å². The molecule has 0 unspecified atom stereocenters. The number of aromatic nitrogens is 3. The molecule has 5 nitrogen and oxygen atoms in total. The van der Waals surface area contributed by atoms with Crippen LogP contribution >= 0.6 is 0 Å². The minimum absolute atomic E-state index is 0.408. The molecule has 2 aromatic rings. The number of pyridine rings is 1. The van der Waals surface area contributed by atoms with Gasteiger partial charge in [0.25, 0.3) is 0 Å². The van der Waals surface area contributed by atoms with Crippen molar-refractivity contribution in [3.8, 4) is 0 Å². The van der Waals surface area contributed by atoms with E-state index in [1.165, 1.54) is 0 Å². The van der Waals surface area contributed by atoms with Gasteiger partial charge >= 0.3 is 0 Å². The van der Waals surface area contributed by atoms with Crippen molar-refractivity contribution in [2.75, 3.05) is 12.4 Å². The Balaban J connectivity index is 2.57. The molecule has 0 aliphatic heterocycles. The Labute approximate surface area is 75.4 Å². The first-order chi connectivity index (χ1) is 6.33. The first kappa shape index (κ1) is 8.00. The van der Waals surface area contributed by atoms with Gasteiger partial charge in [0.15, 0.2) is 5.65 Å². The van der Waals surface area contributed by atoms with E-state index in [9.17, 15) is 0 Å². The third kappa shape index (κ3) is 1.33. The van der Waals surface area contributed by atoms with Crippen LogP contribution in [0.5, 0.6) is 0 Å². The van der Waals surface area contributed by atoms with Crippen molar-refractivity contribution in [3.63, 3.8) is 0 Å². The fourth-order valence-electron chi connectivity index (χ4n) is 1.18. The maximum Gasteiger partial charge on any atom is 0.179 e. The summed E-state index contributed by atoms with van der Waals surface area (Å²) in [6.45, 7) is 0.408. The molecule has 5 heteroatoms. The molecule has 0 saturated carbocycles. The second-order valence-corrected chi connectivity index (χ2v) is 2.71. The molecule has 0 amide bonds. The Morgan fingerprint density at radius 3 is 3.00 bits per heavy atom. The second-order valence-electron chi connectivity index (χ2n) is 2.71. The van der Waals surface area contributed by atoms with E-state index in [4.69, 9.17) is 5.73 Å². The molecule has 2 heterocycles. The van der Waals surface area contributed by atoms with E-state index < -0.39 is 0 Å². The van der Waals surface area contributed by atoms with Gasteiger partial charge in [0, 0.05) is 7.05 Å². The molecule has 0 aromatic carbocycles. The highest BCUT2D eigenvalue weighted by molar-refractivity contribution is 5.72. The summed E-state index contributed by atoms with van der Waals surface area (Å²) in [6, 6.07) is 3.82.